The number of Topliss-reactive ketones (excluding diaryl/α,β-unsaturated/α-hetero) is 1. The van der Waals surface area contributed by atoms with Gasteiger partial charge in [-0.25, -0.2) is 0 Å². The highest BCUT2D eigenvalue weighted by molar-refractivity contribution is 5.78. The Hall–Kier alpha value is -0.330. The standard InChI is InChI=1S/C16H28O/c1-3-4-5-10-16-11-8-14(13(2)17)6-7-15(16)9-12-16/h14-15H,3-12H2,1-2H3. The minimum absolute atomic E-state index is 0.392. The zero-order chi connectivity index (χ0) is 12.3. The Bertz CT molecular complexity index is 271. The van der Waals surface area contributed by atoms with Crippen LogP contribution in [-0.2, 0) is 4.79 Å². The van der Waals surface area contributed by atoms with Gasteiger partial charge in [0.1, 0.15) is 5.78 Å². The van der Waals surface area contributed by atoms with Crippen LogP contribution in [0.1, 0.15) is 78.1 Å². The Labute approximate surface area is 106 Å². The van der Waals surface area contributed by atoms with Gasteiger partial charge in [0.15, 0.2) is 0 Å². The topological polar surface area (TPSA) is 17.1 Å². The number of rotatable bonds is 5. The maximum Gasteiger partial charge on any atom is 0.132 e. The van der Waals surface area contributed by atoms with Crippen LogP contribution in [0.15, 0.2) is 0 Å². The highest BCUT2D eigenvalue weighted by Crippen LogP contribution is 2.57. The Kier molecular flexibility index (Phi) is 4.27. The molecule has 98 valence electrons. The van der Waals surface area contributed by atoms with E-state index in [0.717, 1.165) is 5.92 Å². The molecule has 0 N–H and O–H groups in total. The van der Waals surface area contributed by atoms with Crippen molar-refractivity contribution in [2.24, 2.45) is 17.3 Å². The lowest BCUT2D eigenvalue weighted by Gasteiger charge is -2.50. The molecule has 2 fully saturated rings. The molecule has 0 aromatic heterocycles. The molecule has 2 rings (SSSR count). The molecule has 0 radical (unpaired) electrons. The van der Waals surface area contributed by atoms with Crippen molar-refractivity contribution in [1.29, 1.82) is 0 Å². The van der Waals surface area contributed by atoms with Crippen LogP contribution in [0, 0.1) is 17.3 Å². The summed E-state index contributed by atoms with van der Waals surface area (Å²) in [6.07, 6.45) is 13.5. The summed E-state index contributed by atoms with van der Waals surface area (Å²) >= 11 is 0. The summed E-state index contributed by atoms with van der Waals surface area (Å²) in [6.45, 7) is 4.08. The van der Waals surface area contributed by atoms with Gasteiger partial charge in [0.05, 0.1) is 0 Å². The molecule has 0 bridgehead atoms. The minimum atomic E-state index is 0.392. The Balaban J connectivity index is 1.91. The fraction of sp³-hybridized carbons (Fsp3) is 0.938. The highest BCUT2D eigenvalue weighted by Gasteiger charge is 2.47. The Morgan fingerprint density at radius 1 is 1.12 bits per heavy atom. The Morgan fingerprint density at radius 3 is 2.47 bits per heavy atom. The summed E-state index contributed by atoms with van der Waals surface area (Å²) in [5.41, 5.74) is 0.666. The van der Waals surface area contributed by atoms with Crippen molar-refractivity contribution >= 4 is 5.78 Å². The van der Waals surface area contributed by atoms with Crippen molar-refractivity contribution in [2.75, 3.05) is 0 Å². The molecule has 0 aliphatic heterocycles. The molecule has 2 aliphatic carbocycles. The molecule has 3 unspecified atom stereocenters. The Morgan fingerprint density at radius 2 is 1.88 bits per heavy atom. The molecule has 0 aromatic carbocycles. The second-order valence-electron chi connectivity index (χ2n) is 6.48. The van der Waals surface area contributed by atoms with Crippen LogP contribution in [-0.4, -0.2) is 5.78 Å². The fourth-order valence-electron chi connectivity index (χ4n) is 4.13. The summed E-state index contributed by atoms with van der Waals surface area (Å²) < 4.78 is 0. The van der Waals surface area contributed by atoms with E-state index in [9.17, 15) is 4.79 Å². The van der Waals surface area contributed by atoms with Crippen molar-refractivity contribution in [3.63, 3.8) is 0 Å². The largest absolute Gasteiger partial charge is 0.300 e. The number of fused-ring (bicyclic) bond motifs is 1. The normalized spacial score (nSPS) is 36.8. The summed E-state index contributed by atoms with van der Waals surface area (Å²) in [5, 5.41) is 0. The molecular weight excluding hydrogens is 208 g/mol. The van der Waals surface area contributed by atoms with Crippen molar-refractivity contribution in [3.8, 4) is 0 Å². The lowest BCUT2D eigenvalue weighted by Crippen LogP contribution is -2.39. The van der Waals surface area contributed by atoms with Crippen LogP contribution in [0.25, 0.3) is 0 Å². The lowest BCUT2D eigenvalue weighted by atomic mass is 9.55. The van der Waals surface area contributed by atoms with E-state index in [2.05, 4.69) is 6.92 Å². The van der Waals surface area contributed by atoms with Gasteiger partial charge < -0.3 is 0 Å². The monoisotopic (exact) mass is 236 g/mol. The van der Waals surface area contributed by atoms with E-state index in [0.29, 0.717) is 17.1 Å². The summed E-state index contributed by atoms with van der Waals surface area (Å²) in [7, 11) is 0. The van der Waals surface area contributed by atoms with E-state index in [-0.39, 0.29) is 0 Å². The smallest absolute Gasteiger partial charge is 0.132 e. The third-order valence-electron chi connectivity index (χ3n) is 5.56. The van der Waals surface area contributed by atoms with Gasteiger partial charge in [-0.05, 0) is 63.2 Å². The van der Waals surface area contributed by atoms with Gasteiger partial charge >= 0.3 is 0 Å². The molecule has 3 atom stereocenters. The third-order valence-corrected chi connectivity index (χ3v) is 5.56. The molecule has 1 nitrogen and oxygen atoms in total. The second kappa shape index (κ2) is 5.54. The zero-order valence-electron chi connectivity index (χ0n) is 11.6. The maximum absolute atomic E-state index is 11.6. The summed E-state index contributed by atoms with van der Waals surface area (Å²) in [5.74, 6) is 1.79. The number of ketones is 1. The van der Waals surface area contributed by atoms with Crippen LogP contribution in [0.4, 0.5) is 0 Å². The quantitative estimate of drug-likeness (QED) is 0.630. The van der Waals surface area contributed by atoms with E-state index >= 15 is 0 Å². The summed E-state index contributed by atoms with van der Waals surface area (Å²) in [4.78, 5) is 11.6. The third kappa shape index (κ3) is 2.74. The average Bonchev–Trinajstić information content (AvgIpc) is 2.39. The van der Waals surface area contributed by atoms with E-state index in [4.69, 9.17) is 0 Å². The molecule has 0 heterocycles. The summed E-state index contributed by atoms with van der Waals surface area (Å²) in [6, 6.07) is 0. The van der Waals surface area contributed by atoms with Gasteiger partial charge in [-0.1, -0.05) is 26.2 Å². The molecule has 2 saturated carbocycles. The first-order valence-corrected chi connectivity index (χ1v) is 7.68. The number of carbonyl (C=O) groups excluding carboxylic acids is 1. The van der Waals surface area contributed by atoms with Crippen molar-refractivity contribution in [2.45, 2.75) is 78.1 Å². The fourth-order valence-corrected chi connectivity index (χ4v) is 4.13. The number of carbonyl (C=O) groups is 1. The molecule has 0 spiro atoms. The van der Waals surface area contributed by atoms with Gasteiger partial charge in [-0.3, -0.25) is 4.79 Å². The van der Waals surface area contributed by atoms with Gasteiger partial charge in [0.25, 0.3) is 0 Å². The van der Waals surface area contributed by atoms with Gasteiger partial charge in [0, 0.05) is 5.92 Å². The van der Waals surface area contributed by atoms with E-state index < -0.39 is 0 Å². The number of hydrogen-bond donors (Lipinski definition) is 0. The first-order valence-electron chi connectivity index (χ1n) is 7.68. The minimum Gasteiger partial charge on any atom is -0.300 e. The number of unbranched alkanes of at least 4 members (excludes halogenated alkanes) is 2. The maximum atomic E-state index is 11.6. The van der Waals surface area contributed by atoms with Crippen LogP contribution in [0.3, 0.4) is 0 Å². The van der Waals surface area contributed by atoms with Gasteiger partial charge in [-0.2, -0.15) is 0 Å². The van der Waals surface area contributed by atoms with E-state index in [1.54, 1.807) is 6.92 Å². The van der Waals surface area contributed by atoms with E-state index in [1.165, 1.54) is 64.2 Å². The van der Waals surface area contributed by atoms with Crippen LogP contribution in [0.2, 0.25) is 0 Å². The van der Waals surface area contributed by atoms with Gasteiger partial charge in [-0.15, -0.1) is 0 Å². The van der Waals surface area contributed by atoms with Crippen molar-refractivity contribution in [1.82, 2.24) is 0 Å². The average molecular weight is 236 g/mol. The van der Waals surface area contributed by atoms with Gasteiger partial charge in [0.2, 0.25) is 0 Å². The molecule has 2 aliphatic rings. The van der Waals surface area contributed by atoms with E-state index in [1.807, 2.05) is 0 Å². The number of hydrogen-bond acceptors (Lipinski definition) is 1. The van der Waals surface area contributed by atoms with Crippen LogP contribution in [0.5, 0.6) is 0 Å². The SMILES string of the molecule is CCCCCC12CCC(C(C)=O)CCC1CC2. The predicted molar refractivity (Wildman–Crippen MR) is 71.9 cm³/mol. The molecule has 0 amide bonds. The molecule has 17 heavy (non-hydrogen) atoms. The zero-order valence-corrected chi connectivity index (χ0v) is 11.6. The van der Waals surface area contributed by atoms with Crippen molar-refractivity contribution < 1.29 is 4.79 Å². The van der Waals surface area contributed by atoms with Crippen LogP contribution < -0.4 is 0 Å². The first kappa shape index (κ1) is 13.1. The molecule has 0 aromatic rings. The second-order valence-corrected chi connectivity index (χ2v) is 6.48. The molecular formula is C16H28O. The predicted octanol–water partition coefficient (Wildman–Crippen LogP) is 4.74. The van der Waals surface area contributed by atoms with Crippen molar-refractivity contribution in [3.05, 3.63) is 0 Å². The molecule has 1 heteroatoms. The highest BCUT2D eigenvalue weighted by atomic mass is 16.1. The lowest BCUT2D eigenvalue weighted by molar-refractivity contribution is -0.121. The first-order chi connectivity index (χ1) is 8.18. The molecule has 0 saturated heterocycles. The van der Waals surface area contributed by atoms with Crippen LogP contribution >= 0.6 is 0 Å².